The van der Waals surface area contributed by atoms with E-state index in [2.05, 4.69) is 33.1 Å². The Morgan fingerprint density at radius 3 is 3.08 bits per heavy atom. The van der Waals surface area contributed by atoms with Crippen LogP contribution < -0.4 is 5.56 Å². The summed E-state index contributed by atoms with van der Waals surface area (Å²) in [6.45, 7) is 5.20. The molecule has 0 saturated heterocycles. The summed E-state index contributed by atoms with van der Waals surface area (Å²) in [6.07, 6.45) is 6.28. The van der Waals surface area contributed by atoms with E-state index in [0.717, 1.165) is 42.9 Å². The van der Waals surface area contributed by atoms with Crippen LogP contribution >= 0.6 is 0 Å². The van der Waals surface area contributed by atoms with Crippen LogP contribution in [0, 0.1) is 0 Å². The number of nitrogens with zero attached hydrogens (tertiary/aromatic N) is 4. The van der Waals surface area contributed by atoms with Crippen molar-refractivity contribution < 1.29 is 4.42 Å². The second-order valence-corrected chi connectivity index (χ2v) is 5.98. The first kappa shape index (κ1) is 14.9. The minimum atomic E-state index is -0.0830. The van der Waals surface area contributed by atoms with E-state index in [0.29, 0.717) is 18.1 Å². The highest BCUT2D eigenvalue weighted by atomic mass is 16.3. The van der Waals surface area contributed by atoms with Gasteiger partial charge in [-0.15, -0.1) is 0 Å². The quantitative estimate of drug-likeness (QED) is 0.791. The summed E-state index contributed by atoms with van der Waals surface area (Å²) in [5.41, 5.74) is 2.70. The van der Waals surface area contributed by atoms with Crippen LogP contribution in [0.1, 0.15) is 23.7 Å². The van der Waals surface area contributed by atoms with Gasteiger partial charge in [0.1, 0.15) is 0 Å². The van der Waals surface area contributed by atoms with Gasteiger partial charge in [0.25, 0.3) is 5.56 Å². The van der Waals surface area contributed by atoms with E-state index in [9.17, 15) is 4.79 Å². The highest BCUT2D eigenvalue weighted by Gasteiger charge is 2.22. The van der Waals surface area contributed by atoms with E-state index in [1.165, 1.54) is 0 Å². The Labute approximate surface area is 138 Å². The summed E-state index contributed by atoms with van der Waals surface area (Å²) in [5, 5.41) is 4.30. The molecule has 0 bridgehead atoms. The van der Waals surface area contributed by atoms with Gasteiger partial charge in [-0.3, -0.25) is 14.4 Å². The maximum absolute atomic E-state index is 12.4. The minimum absolute atomic E-state index is 0.0830. The lowest BCUT2D eigenvalue weighted by Crippen LogP contribution is -2.35. The number of aromatic amines is 1. The number of hydrogen-bond donors (Lipinski definition) is 1. The van der Waals surface area contributed by atoms with Gasteiger partial charge in [-0.25, -0.2) is 4.98 Å². The van der Waals surface area contributed by atoms with E-state index in [-0.39, 0.29) is 5.56 Å². The first-order valence-corrected chi connectivity index (χ1v) is 8.12. The lowest BCUT2D eigenvalue weighted by atomic mass is 10.1. The average Bonchev–Trinajstić information content (AvgIpc) is 3.26. The van der Waals surface area contributed by atoms with E-state index < -0.39 is 0 Å². The summed E-state index contributed by atoms with van der Waals surface area (Å²) < 4.78 is 7.24. The monoisotopic (exact) mass is 325 g/mol. The molecule has 0 saturated carbocycles. The fraction of sp³-hybridized carbons (Fsp3) is 0.353. The Morgan fingerprint density at radius 1 is 1.42 bits per heavy atom. The van der Waals surface area contributed by atoms with E-state index >= 15 is 0 Å². The van der Waals surface area contributed by atoms with E-state index in [4.69, 9.17) is 4.42 Å². The molecule has 4 rings (SSSR count). The van der Waals surface area contributed by atoms with Crippen LogP contribution in [0.5, 0.6) is 0 Å². The Kier molecular flexibility index (Phi) is 3.78. The van der Waals surface area contributed by atoms with Crippen molar-refractivity contribution in [2.45, 2.75) is 33.0 Å². The highest BCUT2D eigenvalue weighted by Crippen LogP contribution is 2.20. The molecular formula is C17H19N5O2. The van der Waals surface area contributed by atoms with Gasteiger partial charge < -0.3 is 9.40 Å². The van der Waals surface area contributed by atoms with Gasteiger partial charge in [0.15, 0.2) is 11.6 Å². The van der Waals surface area contributed by atoms with Crippen molar-refractivity contribution in [3.8, 4) is 11.6 Å². The molecule has 7 heteroatoms. The van der Waals surface area contributed by atoms with E-state index in [1.54, 1.807) is 18.4 Å². The number of H-pyrrole nitrogens is 1. The van der Waals surface area contributed by atoms with Gasteiger partial charge in [-0.1, -0.05) is 0 Å². The minimum Gasteiger partial charge on any atom is -0.461 e. The number of furan rings is 1. The largest absolute Gasteiger partial charge is 0.461 e. The number of aryl methyl sites for hydroxylation is 1. The Balaban J connectivity index is 1.56. The predicted molar refractivity (Wildman–Crippen MR) is 88.3 cm³/mol. The van der Waals surface area contributed by atoms with Crippen LogP contribution in [0.4, 0.5) is 0 Å². The van der Waals surface area contributed by atoms with Crippen molar-refractivity contribution in [2.24, 2.45) is 0 Å². The van der Waals surface area contributed by atoms with E-state index in [1.807, 2.05) is 10.9 Å². The van der Waals surface area contributed by atoms with Crippen LogP contribution in [0.3, 0.4) is 0 Å². The fourth-order valence-corrected chi connectivity index (χ4v) is 3.07. The number of fused-ring (bicyclic) bond motifs is 1. The number of aromatic nitrogens is 4. The van der Waals surface area contributed by atoms with Crippen molar-refractivity contribution in [3.05, 3.63) is 58.0 Å². The Hall–Kier alpha value is -2.67. The average molecular weight is 325 g/mol. The molecule has 7 nitrogen and oxygen atoms in total. The normalized spacial score (nSPS) is 14.7. The second kappa shape index (κ2) is 6.09. The molecule has 0 aliphatic carbocycles. The molecule has 3 aromatic rings. The topological polar surface area (TPSA) is 80.0 Å². The van der Waals surface area contributed by atoms with Crippen LogP contribution in [-0.2, 0) is 26.1 Å². The Morgan fingerprint density at radius 2 is 2.33 bits per heavy atom. The van der Waals surface area contributed by atoms with Gasteiger partial charge in [0, 0.05) is 44.4 Å². The maximum Gasteiger partial charge on any atom is 0.256 e. The van der Waals surface area contributed by atoms with Gasteiger partial charge in [-0.2, -0.15) is 5.10 Å². The first-order chi connectivity index (χ1) is 11.7. The summed E-state index contributed by atoms with van der Waals surface area (Å²) in [7, 11) is 0. The maximum atomic E-state index is 12.4. The van der Waals surface area contributed by atoms with Crippen molar-refractivity contribution in [1.29, 1.82) is 0 Å². The molecule has 1 N–H and O–H groups in total. The molecular weight excluding hydrogens is 306 g/mol. The molecule has 24 heavy (non-hydrogen) atoms. The molecule has 4 heterocycles. The number of rotatable bonds is 4. The van der Waals surface area contributed by atoms with Crippen LogP contribution in [-0.4, -0.2) is 31.2 Å². The SMILES string of the molecule is CCn1cc(CN2CCc3nc(-c4ccco4)[nH]c(=O)c3C2)cn1. The van der Waals surface area contributed by atoms with Gasteiger partial charge >= 0.3 is 0 Å². The molecule has 0 unspecified atom stereocenters. The molecule has 0 aromatic carbocycles. The molecule has 3 aromatic heterocycles. The summed E-state index contributed by atoms with van der Waals surface area (Å²) in [4.78, 5) is 22.1. The van der Waals surface area contributed by atoms with Crippen LogP contribution in [0.15, 0.2) is 40.0 Å². The van der Waals surface area contributed by atoms with Crippen LogP contribution in [0.25, 0.3) is 11.6 Å². The zero-order valence-corrected chi connectivity index (χ0v) is 13.5. The lowest BCUT2D eigenvalue weighted by molar-refractivity contribution is 0.241. The number of hydrogen-bond acceptors (Lipinski definition) is 5. The second-order valence-electron chi connectivity index (χ2n) is 5.98. The zero-order chi connectivity index (χ0) is 16.5. The smallest absolute Gasteiger partial charge is 0.256 e. The Bertz CT molecular complexity index is 894. The van der Waals surface area contributed by atoms with Crippen molar-refractivity contribution in [2.75, 3.05) is 6.54 Å². The lowest BCUT2D eigenvalue weighted by Gasteiger charge is -2.27. The van der Waals surface area contributed by atoms with Gasteiger partial charge in [0.2, 0.25) is 0 Å². The van der Waals surface area contributed by atoms with Crippen LogP contribution in [0.2, 0.25) is 0 Å². The van der Waals surface area contributed by atoms with Crippen molar-refractivity contribution >= 4 is 0 Å². The molecule has 0 spiro atoms. The molecule has 0 amide bonds. The van der Waals surface area contributed by atoms with Gasteiger partial charge in [0.05, 0.1) is 23.7 Å². The standard InChI is InChI=1S/C17H19N5O2/c1-2-22-10-12(8-18-22)9-21-6-5-14-13(11-21)17(23)20-16(19-14)15-4-3-7-24-15/h3-4,7-8,10H,2,5-6,9,11H2,1H3,(H,19,20,23). The summed E-state index contributed by atoms with van der Waals surface area (Å²) in [6, 6.07) is 3.58. The molecule has 0 atom stereocenters. The number of nitrogens with one attached hydrogen (secondary N) is 1. The predicted octanol–water partition coefficient (Wildman–Crippen LogP) is 1.80. The third-order valence-electron chi connectivity index (χ3n) is 4.32. The molecule has 0 radical (unpaired) electrons. The third kappa shape index (κ3) is 2.78. The zero-order valence-electron chi connectivity index (χ0n) is 13.5. The molecule has 1 aliphatic heterocycles. The first-order valence-electron chi connectivity index (χ1n) is 8.12. The highest BCUT2D eigenvalue weighted by molar-refractivity contribution is 5.46. The third-order valence-corrected chi connectivity index (χ3v) is 4.32. The molecule has 0 fully saturated rings. The summed E-state index contributed by atoms with van der Waals surface area (Å²) in [5.74, 6) is 1.09. The van der Waals surface area contributed by atoms with Gasteiger partial charge in [-0.05, 0) is 19.1 Å². The van der Waals surface area contributed by atoms with Crippen molar-refractivity contribution in [1.82, 2.24) is 24.6 Å². The fourth-order valence-electron chi connectivity index (χ4n) is 3.07. The summed E-state index contributed by atoms with van der Waals surface area (Å²) >= 11 is 0. The molecule has 1 aliphatic rings. The van der Waals surface area contributed by atoms with Crippen molar-refractivity contribution in [3.63, 3.8) is 0 Å². The molecule has 124 valence electrons.